The van der Waals surface area contributed by atoms with Gasteiger partial charge in [-0.05, 0) is 42.3 Å². The van der Waals surface area contributed by atoms with Crippen molar-refractivity contribution in [3.63, 3.8) is 0 Å². The fourth-order valence-electron chi connectivity index (χ4n) is 3.69. The summed E-state index contributed by atoms with van der Waals surface area (Å²) in [6.45, 7) is 1.99. The van der Waals surface area contributed by atoms with Crippen molar-refractivity contribution in [2.45, 2.75) is 32.1 Å². The number of nitrogens with zero attached hydrogens (tertiary/aromatic N) is 3. The van der Waals surface area contributed by atoms with Gasteiger partial charge in [-0.1, -0.05) is 24.3 Å². The van der Waals surface area contributed by atoms with Gasteiger partial charge in [0.1, 0.15) is 22.9 Å². The Morgan fingerprint density at radius 2 is 1.50 bits per heavy atom. The summed E-state index contributed by atoms with van der Waals surface area (Å²) >= 11 is 0. The largest absolute Gasteiger partial charge is 0.350 e. The summed E-state index contributed by atoms with van der Waals surface area (Å²) in [7, 11) is 1.52. The molecular formula is C24H23F2N5O3. The van der Waals surface area contributed by atoms with Gasteiger partial charge in [-0.2, -0.15) is 5.10 Å². The van der Waals surface area contributed by atoms with Crippen molar-refractivity contribution < 1.29 is 23.2 Å². The van der Waals surface area contributed by atoms with E-state index >= 15 is 0 Å². The Morgan fingerprint density at radius 3 is 2.06 bits per heavy atom. The Labute approximate surface area is 194 Å². The highest BCUT2D eigenvalue weighted by Gasteiger charge is 2.46. The lowest BCUT2D eigenvalue weighted by atomic mass is 9.96. The predicted octanol–water partition coefficient (Wildman–Crippen LogP) is 2.25. The predicted molar refractivity (Wildman–Crippen MR) is 119 cm³/mol. The summed E-state index contributed by atoms with van der Waals surface area (Å²) in [5, 5.41) is 9.71. The molecule has 1 aliphatic heterocycles. The van der Waals surface area contributed by atoms with Crippen LogP contribution in [0.3, 0.4) is 0 Å². The molecule has 3 aromatic rings. The maximum absolute atomic E-state index is 13.1. The summed E-state index contributed by atoms with van der Waals surface area (Å²) in [5.41, 5.74) is 0.397. The number of rotatable bonds is 6. The third kappa shape index (κ3) is 4.52. The number of carbonyl (C=O) groups is 3. The van der Waals surface area contributed by atoms with E-state index in [1.807, 2.05) is 0 Å². The quantitative estimate of drug-likeness (QED) is 0.581. The maximum atomic E-state index is 13.1. The van der Waals surface area contributed by atoms with E-state index < -0.39 is 23.3 Å². The number of fused-ring (bicyclic) bond motifs is 1. The highest BCUT2D eigenvalue weighted by Crippen LogP contribution is 2.26. The van der Waals surface area contributed by atoms with E-state index in [0.29, 0.717) is 11.1 Å². The molecule has 34 heavy (non-hydrogen) atoms. The molecule has 1 atom stereocenters. The molecule has 2 N–H and O–H groups in total. The lowest BCUT2D eigenvalue weighted by Crippen LogP contribution is -2.62. The maximum Gasteiger partial charge on any atom is 0.272 e. The van der Waals surface area contributed by atoms with Crippen molar-refractivity contribution in [2.24, 2.45) is 0 Å². The Balaban J connectivity index is 1.46. The van der Waals surface area contributed by atoms with Gasteiger partial charge in [0.15, 0.2) is 5.69 Å². The molecule has 1 aromatic heterocycles. The number of hydrogen-bond acceptors (Lipinski definition) is 4. The molecule has 3 amide bonds. The van der Waals surface area contributed by atoms with E-state index in [1.165, 1.54) is 47.0 Å². The van der Waals surface area contributed by atoms with E-state index in [2.05, 4.69) is 15.7 Å². The molecule has 0 radical (unpaired) electrons. The smallest absolute Gasteiger partial charge is 0.272 e. The number of benzene rings is 2. The number of hydrogen-bond donors (Lipinski definition) is 2. The van der Waals surface area contributed by atoms with E-state index in [9.17, 15) is 23.2 Å². The topological polar surface area (TPSA) is 96.3 Å². The van der Waals surface area contributed by atoms with Gasteiger partial charge in [0.05, 0.1) is 6.54 Å². The second-order valence-electron chi connectivity index (χ2n) is 8.33. The summed E-state index contributed by atoms with van der Waals surface area (Å²) in [6.07, 6.45) is 0. The average molecular weight is 467 g/mol. The van der Waals surface area contributed by atoms with Crippen molar-refractivity contribution in [3.8, 4) is 0 Å². The molecule has 2 aromatic carbocycles. The number of halogens is 2. The Hall–Kier alpha value is -4.08. The Kier molecular flexibility index (Phi) is 6.14. The molecule has 0 bridgehead atoms. The number of nitrogens with one attached hydrogen (secondary N) is 2. The molecule has 10 heteroatoms. The van der Waals surface area contributed by atoms with Gasteiger partial charge in [-0.25, -0.2) is 8.78 Å². The third-order valence-corrected chi connectivity index (χ3v) is 5.96. The Morgan fingerprint density at radius 1 is 0.971 bits per heavy atom. The van der Waals surface area contributed by atoms with Crippen LogP contribution in [0.5, 0.6) is 0 Å². The molecule has 2 heterocycles. The minimum Gasteiger partial charge on any atom is -0.350 e. The second-order valence-corrected chi connectivity index (χ2v) is 8.33. The molecule has 0 fully saturated rings. The summed E-state index contributed by atoms with van der Waals surface area (Å²) in [6, 6.07) is 12.8. The summed E-state index contributed by atoms with van der Waals surface area (Å²) in [4.78, 5) is 39.9. The van der Waals surface area contributed by atoms with Crippen LogP contribution >= 0.6 is 0 Å². The van der Waals surface area contributed by atoms with Gasteiger partial charge in [-0.15, -0.1) is 0 Å². The molecule has 0 saturated carbocycles. The minimum atomic E-state index is -1.25. The Bertz CT molecular complexity index is 1240. The number of carbonyl (C=O) groups excluding carboxylic acids is 3. The van der Waals surface area contributed by atoms with Crippen LogP contribution in [0.4, 0.5) is 8.78 Å². The van der Waals surface area contributed by atoms with Crippen molar-refractivity contribution in [1.82, 2.24) is 25.3 Å². The number of amides is 3. The fraction of sp³-hybridized carbons (Fsp3) is 0.250. The van der Waals surface area contributed by atoms with Crippen molar-refractivity contribution in [3.05, 3.63) is 88.7 Å². The number of aromatic nitrogens is 2. The first kappa shape index (κ1) is 23.1. The fourth-order valence-corrected chi connectivity index (χ4v) is 3.69. The minimum absolute atomic E-state index is 0.0369. The molecular weight excluding hydrogens is 444 g/mol. The lowest BCUT2D eigenvalue weighted by Gasteiger charge is -2.40. The van der Waals surface area contributed by atoms with Crippen molar-refractivity contribution >= 4 is 17.7 Å². The van der Waals surface area contributed by atoms with E-state index in [0.717, 1.165) is 0 Å². The third-order valence-electron chi connectivity index (χ3n) is 5.96. The molecule has 4 rings (SSSR count). The summed E-state index contributed by atoms with van der Waals surface area (Å²) in [5.74, 6) is -2.09. The first-order valence-corrected chi connectivity index (χ1v) is 10.6. The van der Waals surface area contributed by atoms with Crippen LogP contribution in [-0.4, -0.2) is 45.0 Å². The first-order chi connectivity index (χ1) is 16.2. The van der Waals surface area contributed by atoms with E-state index in [4.69, 9.17) is 0 Å². The van der Waals surface area contributed by atoms with Crippen LogP contribution in [0.15, 0.2) is 54.6 Å². The van der Waals surface area contributed by atoms with Gasteiger partial charge >= 0.3 is 0 Å². The highest BCUT2D eigenvalue weighted by molar-refractivity contribution is 6.01. The molecule has 0 saturated heterocycles. The van der Waals surface area contributed by atoms with Crippen LogP contribution in [0.2, 0.25) is 0 Å². The summed E-state index contributed by atoms with van der Waals surface area (Å²) < 4.78 is 27.5. The van der Waals surface area contributed by atoms with E-state index in [1.54, 1.807) is 31.2 Å². The molecule has 1 unspecified atom stereocenters. The first-order valence-electron chi connectivity index (χ1n) is 10.6. The molecule has 0 spiro atoms. The van der Waals surface area contributed by atoms with E-state index in [-0.39, 0.29) is 42.7 Å². The normalized spacial score (nSPS) is 17.3. The molecule has 8 nitrogen and oxygen atoms in total. The standard InChI is InChI=1S/C24H23F2N5O3/c1-24(23(34)28-13-16-5-9-18(26)10-6-16)14-31-20(22(33)30(24)2)11-19(29-31)21(32)27-12-15-3-7-17(25)8-4-15/h3-11H,12-14H2,1-2H3,(H,27,32)(H,28,34). The molecule has 0 aliphatic carbocycles. The lowest BCUT2D eigenvalue weighted by molar-refractivity contribution is -0.132. The van der Waals surface area contributed by atoms with Gasteiger partial charge < -0.3 is 15.5 Å². The van der Waals surface area contributed by atoms with Crippen molar-refractivity contribution in [2.75, 3.05) is 7.05 Å². The van der Waals surface area contributed by atoms with Gasteiger partial charge in [0.25, 0.3) is 11.8 Å². The average Bonchev–Trinajstić information content (AvgIpc) is 3.25. The zero-order valence-corrected chi connectivity index (χ0v) is 18.6. The van der Waals surface area contributed by atoms with Crippen LogP contribution < -0.4 is 10.6 Å². The molecule has 176 valence electrons. The zero-order valence-electron chi connectivity index (χ0n) is 18.6. The van der Waals surface area contributed by atoms with Crippen LogP contribution in [-0.2, 0) is 24.4 Å². The number of likely N-dealkylation sites (N-methyl/N-ethyl adjacent to an activating group) is 1. The molecule has 1 aliphatic rings. The van der Waals surface area contributed by atoms with Crippen LogP contribution in [0.25, 0.3) is 0 Å². The SMILES string of the molecule is CN1C(=O)c2cc(C(=O)NCc3ccc(F)cc3)nn2CC1(C)C(=O)NCc1ccc(F)cc1. The zero-order chi connectivity index (χ0) is 24.5. The highest BCUT2D eigenvalue weighted by atomic mass is 19.1. The van der Waals surface area contributed by atoms with Gasteiger partial charge in [0.2, 0.25) is 5.91 Å². The van der Waals surface area contributed by atoms with Crippen LogP contribution in [0.1, 0.15) is 39.0 Å². The van der Waals surface area contributed by atoms with Gasteiger partial charge in [0, 0.05) is 26.2 Å². The van der Waals surface area contributed by atoms with Crippen molar-refractivity contribution in [1.29, 1.82) is 0 Å². The van der Waals surface area contributed by atoms with Crippen LogP contribution in [0, 0.1) is 11.6 Å². The monoisotopic (exact) mass is 467 g/mol. The second kappa shape index (κ2) is 9.05. The van der Waals surface area contributed by atoms with Gasteiger partial charge in [-0.3, -0.25) is 19.1 Å².